The molecule has 0 bridgehead atoms. The fraction of sp³-hybridized carbons (Fsp3) is 0.200. The predicted octanol–water partition coefficient (Wildman–Crippen LogP) is 2.44. The van der Waals surface area contributed by atoms with E-state index in [9.17, 15) is 0 Å². The maximum atomic E-state index is 5.99. The molecule has 0 saturated heterocycles. The number of para-hydroxylation sites is 1. The van der Waals surface area contributed by atoms with Crippen molar-refractivity contribution in [1.82, 2.24) is 4.90 Å². The van der Waals surface area contributed by atoms with Gasteiger partial charge in [0.1, 0.15) is 19.0 Å². The lowest BCUT2D eigenvalue weighted by molar-refractivity contribution is 0.402. The van der Waals surface area contributed by atoms with Crippen LogP contribution in [0.1, 0.15) is 5.56 Å². The van der Waals surface area contributed by atoms with Gasteiger partial charge in [-0.2, -0.15) is 0 Å². The molecule has 0 atom stereocenters. The van der Waals surface area contributed by atoms with E-state index in [-0.39, 0.29) is 0 Å². The summed E-state index contributed by atoms with van der Waals surface area (Å²) in [4.78, 5) is 2.11. The van der Waals surface area contributed by atoms with Crippen LogP contribution in [0.15, 0.2) is 40.8 Å². The number of fused-ring (bicyclic) bond motifs is 3. The minimum absolute atomic E-state index is 0.783. The van der Waals surface area contributed by atoms with Gasteiger partial charge in [0.15, 0.2) is 0 Å². The van der Waals surface area contributed by atoms with Crippen LogP contribution in [-0.2, 0) is 6.54 Å². The monoisotopic (exact) mass is 235 g/mol. The second kappa shape index (κ2) is 4.18. The van der Waals surface area contributed by atoms with Crippen LogP contribution in [0, 0.1) is 0 Å². The van der Waals surface area contributed by atoms with Gasteiger partial charge in [0.25, 0.3) is 0 Å². The molecule has 2 radical (unpaired) electrons. The van der Waals surface area contributed by atoms with Crippen molar-refractivity contribution < 1.29 is 4.42 Å². The van der Waals surface area contributed by atoms with E-state index in [1.54, 1.807) is 0 Å². The molecule has 0 aliphatic rings. The highest BCUT2D eigenvalue weighted by molar-refractivity contribution is 6.34. The van der Waals surface area contributed by atoms with Crippen molar-refractivity contribution in [3.63, 3.8) is 0 Å². The average molecular weight is 235 g/mol. The normalized spacial score (nSPS) is 11.7. The van der Waals surface area contributed by atoms with Gasteiger partial charge in [-0.05, 0) is 20.2 Å². The Labute approximate surface area is 108 Å². The number of benzene rings is 2. The van der Waals surface area contributed by atoms with Crippen molar-refractivity contribution >= 4 is 35.2 Å². The molecule has 3 heteroatoms. The van der Waals surface area contributed by atoms with Gasteiger partial charge < -0.3 is 9.32 Å². The van der Waals surface area contributed by atoms with Gasteiger partial charge in [-0.15, -0.1) is 0 Å². The second-order valence-corrected chi connectivity index (χ2v) is 4.89. The third-order valence-electron chi connectivity index (χ3n) is 3.06. The number of furan rings is 1. The van der Waals surface area contributed by atoms with Crippen molar-refractivity contribution in [3.8, 4) is 0 Å². The minimum Gasteiger partial charge on any atom is -0.456 e. The lowest BCUT2D eigenvalue weighted by Gasteiger charge is -2.10. The van der Waals surface area contributed by atoms with Crippen molar-refractivity contribution in [3.05, 3.63) is 42.0 Å². The first-order chi connectivity index (χ1) is 8.65. The molecule has 2 aromatic carbocycles. The zero-order valence-corrected chi connectivity index (χ0v) is 10.6. The van der Waals surface area contributed by atoms with Gasteiger partial charge in [0, 0.05) is 22.9 Å². The van der Waals surface area contributed by atoms with Crippen LogP contribution in [0.4, 0.5) is 0 Å². The summed E-state index contributed by atoms with van der Waals surface area (Å²) in [7, 11) is 10.1. The smallest absolute Gasteiger partial charge is 0.139 e. The first-order valence-electron chi connectivity index (χ1n) is 5.99. The van der Waals surface area contributed by atoms with E-state index in [0.29, 0.717) is 0 Å². The molecule has 18 heavy (non-hydrogen) atoms. The molecule has 0 fully saturated rings. The Kier molecular flexibility index (Phi) is 2.64. The maximum absolute atomic E-state index is 5.99. The Hall–Kier alpha value is -1.74. The van der Waals surface area contributed by atoms with E-state index in [4.69, 9.17) is 12.3 Å². The van der Waals surface area contributed by atoms with Crippen molar-refractivity contribution in [2.75, 3.05) is 14.1 Å². The summed E-state index contributed by atoms with van der Waals surface area (Å²) in [6.45, 7) is 0.821. The van der Waals surface area contributed by atoms with Gasteiger partial charge in [-0.25, -0.2) is 0 Å². The molecule has 0 unspecified atom stereocenters. The van der Waals surface area contributed by atoms with Crippen LogP contribution < -0.4 is 5.46 Å². The average Bonchev–Trinajstić information content (AvgIpc) is 2.67. The third kappa shape index (κ3) is 1.81. The molecule has 1 aromatic heterocycles. The zero-order valence-electron chi connectivity index (χ0n) is 10.6. The summed E-state index contributed by atoms with van der Waals surface area (Å²) in [5.74, 6) is 0. The van der Waals surface area contributed by atoms with Crippen molar-refractivity contribution in [2.24, 2.45) is 0 Å². The summed E-state index contributed by atoms with van der Waals surface area (Å²) < 4.78 is 5.96. The van der Waals surface area contributed by atoms with E-state index >= 15 is 0 Å². The molecule has 0 aliphatic carbocycles. The largest absolute Gasteiger partial charge is 0.456 e. The summed E-state index contributed by atoms with van der Waals surface area (Å²) in [6, 6.07) is 12.0. The van der Waals surface area contributed by atoms with Gasteiger partial charge >= 0.3 is 0 Å². The third-order valence-corrected chi connectivity index (χ3v) is 3.06. The Morgan fingerprint density at radius 2 is 1.89 bits per heavy atom. The number of hydrogen-bond acceptors (Lipinski definition) is 2. The highest BCUT2D eigenvalue weighted by atomic mass is 16.3. The zero-order chi connectivity index (χ0) is 12.7. The van der Waals surface area contributed by atoms with E-state index < -0.39 is 0 Å². The Morgan fingerprint density at radius 3 is 2.67 bits per heavy atom. The van der Waals surface area contributed by atoms with Gasteiger partial charge in [0.05, 0.1) is 0 Å². The Morgan fingerprint density at radius 1 is 1.11 bits per heavy atom. The molecule has 0 saturated carbocycles. The fourth-order valence-corrected chi connectivity index (χ4v) is 2.38. The van der Waals surface area contributed by atoms with Crippen molar-refractivity contribution in [2.45, 2.75) is 6.54 Å². The quantitative estimate of drug-likeness (QED) is 0.634. The topological polar surface area (TPSA) is 16.4 Å². The molecule has 2 nitrogen and oxygen atoms in total. The lowest BCUT2D eigenvalue weighted by Crippen LogP contribution is -2.13. The van der Waals surface area contributed by atoms with Crippen molar-refractivity contribution in [1.29, 1.82) is 0 Å². The van der Waals surface area contributed by atoms with Crippen LogP contribution in [0.5, 0.6) is 0 Å². The molecule has 3 aromatic rings. The van der Waals surface area contributed by atoms with E-state index in [1.807, 2.05) is 44.4 Å². The molecule has 1 heterocycles. The standard InChI is InChI=1S/C15H14BNO/c1-17(2)9-10-7-11(16)8-13-12-5-3-4-6-14(12)18-15(10)13/h3-8H,9H2,1-2H3. The number of hydrogen-bond donors (Lipinski definition) is 0. The molecular formula is C15H14BNO. The van der Waals surface area contributed by atoms with E-state index in [1.165, 1.54) is 0 Å². The fourth-order valence-electron chi connectivity index (χ4n) is 2.38. The van der Waals surface area contributed by atoms with Crippen LogP contribution >= 0.6 is 0 Å². The minimum atomic E-state index is 0.783. The molecule has 0 aliphatic heterocycles. The highest BCUT2D eigenvalue weighted by Crippen LogP contribution is 2.30. The molecule has 0 N–H and O–H groups in total. The van der Waals surface area contributed by atoms with Crippen LogP contribution in [0.2, 0.25) is 0 Å². The SMILES string of the molecule is [B]c1cc(CN(C)C)c2oc3ccccc3c2c1. The lowest BCUT2D eigenvalue weighted by atomic mass is 9.92. The second-order valence-electron chi connectivity index (χ2n) is 4.89. The summed E-state index contributed by atoms with van der Waals surface area (Å²) in [5, 5.41) is 2.22. The van der Waals surface area contributed by atoms with E-state index in [2.05, 4.69) is 11.0 Å². The molecule has 3 rings (SSSR count). The van der Waals surface area contributed by atoms with Gasteiger partial charge in [0.2, 0.25) is 0 Å². The summed E-state index contributed by atoms with van der Waals surface area (Å²) in [5.41, 5.74) is 3.77. The first-order valence-corrected chi connectivity index (χ1v) is 5.99. The molecule has 0 spiro atoms. The van der Waals surface area contributed by atoms with Crippen LogP contribution in [0.3, 0.4) is 0 Å². The van der Waals surface area contributed by atoms with Gasteiger partial charge in [-0.1, -0.05) is 35.8 Å². The van der Waals surface area contributed by atoms with Gasteiger partial charge in [-0.3, -0.25) is 0 Å². The molecule has 0 amide bonds. The first kappa shape index (κ1) is 11.4. The number of nitrogens with zero attached hydrogens (tertiary/aromatic N) is 1. The highest BCUT2D eigenvalue weighted by Gasteiger charge is 2.11. The van der Waals surface area contributed by atoms with Crippen LogP contribution in [0.25, 0.3) is 21.9 Å². The number of rotatable bonds is 2. The summed E-state index contributed by atoms with van der Waals surface area (Å²) in [6.07, 6.45) is 0. The summed E-state index contributed by atoms with van der Waals surface area (Å²) >= 11 is 0. The molecule has 88 valence electrons. The van der Waals surface area contributed by atoms with E-state index in [0.717, 1.165) is 39.5 Å². The Bertz CT molecular complexity index is 715. The molecular weight excluding hydrogens is 221 g/mol. The predicted molar refractivity (Wildman–Crippen MR) is 76.5 cm³/mol. The van der Waals surface area contributed by atoms with Crippen LogP contribution in [-0.4, -0.2) is 26.8 Å². The Balaban J connectivity index is 2.36. The maximum Gasteiger partial charge on any atom is 0.139 e.